The van der Waals surface area contributed by atoms with Crippen molar-refractivity contribution in [2.24, 2.45) is 0 Å². The molecule has 0 aliphatic rings. The molecule has 12 heteroatoms. The Hall–Kier alpha value is 1.81. The standard InChI is InChI=1S/C22H42O8S.3Na/c1-2-3-4-5-6-7-8-9-10-11-12-13-14-15-16-17-18-30-19(21(23)24)20(22(25)26)31(27,28)29;;;/h19-20H,2-18H2,1H3,(H,23,24)(H,25,26)(H,27,28,29);;;/q;3*+1/p-2. The Morgan fingerprint density at radius 2 is 1.00 bits per heavy atom. The largest absolute Gasteiger partial charge is 1.00 e. The maximum absolute atomic E-state index is 11.1. The van der Waals surface area contributed by atoms with Crippen molar-refractivity contribution in [2.75, 3.05) is 6.61 Å². The summed E-state index contributed by atoms with van der Waals surface area (Å²) in [4.78, 5) is 21.8. The Bertz CT molecular complexity index is 591. The van der Waals surface area contributed by atoms with Gasteiger partial charge < -0.3 is 24.5 Å². The smallest absolute Gasteiger partial charge is 0.549 e. The summed E-state index contributed by atoms with van der Waals surface area (Å²) in [6, 6.07) is 0. The number of carboxylic acids is 2. The van der Waals surface area contributed by atoms with Gasteiger partial charge in [0.2, 0.25) is 0 Å². The Morgan fingerprint density at radius 3 is 1.26 bits per heavy atom. The van der Waals surface area contributed by atoms with E-state index in [-0.39, 0.29) is 95.3 Å². The summed E-state index contributed by atoms with van der Waals surface area (Å²) in [5.41, 5.74) is 0. The third-order valence-electron chi connectivity index (χ3n) is 5.36. The second-order valence-electron chi connectivity index (χ2n) is 8.17. The van der Waals surface area contributed by atoms with Crippen molar-refractivity contribution in [1.82, 2.24) is 0 Å². The monoisotopic (exact) mass is 533 g/mol. The number of carbonyl (C=O) groups is 2. The van der Waals surface area contributed by atoms with Crippen LogP contribution in [0.2, 0.25) is 0 Å². The van der Waals surface area contributed by atoms with Crippen LogP contribution in [-0.4, -0.2) is 42.9 Å². The van der Waals surface area contributed by atoms with E-state index in [0.29, 0.717) is 6.42 Å². The van der Waals surface area contributed by atoms with E-state index in [2.05, 4.69) is 6.92 Å². The minimum atomic E-state index is -5.19. The summed E-state index contributed by atoms with van der Waals surface area (Å²) in [6.07, 6.45) is 16.4. The van der Waals surface area contributed by atoms with E-state index in [1.807, 2.05) is 0 Å². The first kappa shape index (κ1) is 42.9. The van der Waals surface area contributed by atoms with Crippen LogP contribution in [0.25, 0.3) is 0 Å². The maximum atomic E-state index is 11.1. The van der Waals surface area contributed by atoms with Crippen molar-refractivity contribution in [3.8, 4) is 0 Å². The van der Waals surface area contributed by atoms with Gasteiger partial charge in [-0.3, -0.25) is 4.55 Å². The number of aliphatic carboxylic acids is 2. The topological polar surface area (TPSA) is 144 Å². The van der Waals surface area contributed by atoms with Gasteiger partial charge in [0.25, 0.3) is 10.1 Å². The fourth-order valence-corrected chi connectivity index (χ4v) is 4.29. The molecule has 0 amide bonds. The zero-order chi connectivity index (χ0) is 23.5. The van der Waals surface area contributed by atoms with Crippen LogP contribution in [-0.2, 0) is 24.4 Å². The van der Waals surface area contributed by atoms with E-state index in [1.54, 1.807) is 0 Å². The Labute approximate surface area is 272 Å². The van der Waals surface area contributed by atoms with E-state index in [4.69, 9.17) is 9.29 Å². The molecular formula is C22H40Na3O8S+. The summed E-state index contributed by atoms with van der Waals surface area (Å²) >= 11 is 0. The SMILES string of the molecule is CCCCCCCCCCCCCCCCCCOC(C(=O)[O-])C(C(=O)[O-])S(=O)(=O)O.[Na+].[Na+].[Na+]. The third-order valence-corrected chi connectivity index (χ3v) is 6.44. The second-order valence-corrected chi connectivity index (χ2v) is 9.71. The average molecular weight is 534 g/mol. The maximum Gasteiger partial charge on any atom is 1.00 e. The zero-order valence-electron chi connectivity index (χ0n) is 21.9. The van der Waals surface area contributed by atoms with Crippen LogP contribution < -0.4 is 98.9 Å². The van der Waals surface area contributed by atoms with Gasteiger partial charge in [-0.05, 0) is 6.42 Å². The minimum Gasteiger partial charge on any atom is -0.549 e. The zero-order valence-corrected chi connectivity index (χ0v) is 28.7. The first-order valence-electron chi connectivity index (χ1n) is 11.7. The van der Waals surface area contributed by atoms with Gasteiger partial charge in [-0.2, -0.15) is 8.42 Å². The van der Waals surface area contributed by atoms with E-state index in [9.17, 15) is 28.2 Å². The van der Waals surface area contributed by atoms with Crippen LogP contribution in [0.4, 0.5) is 0 Å². The van der Waals surface area contributed by atoms with Crippen LogP contribution in [0.3, 0.4) is 0 Å². The molecule has 184 valence electrons. The number of carbonyl (C=O) groups excluding carboxylic acids is 2. The molecule has 0 rings (SSSR count). The van der Waals surface area contributed by atoms with Crippen molar-refractivity contribution >= 4 is 22.1 Å². The first-order valence-corrected chi connectivity index (χ1v) is 13.2. The van der Waals surface area contributed by atoms with Gasteiger partial charge in [0, 0.05) is 6.61 Å². The van der Waals surface area contributed by atoms with Crippen molar-refractivity contribution in [3.63, 3.8) is 0 Å². The van der Waals surface area contributed by atoms with Crippen LogP contribution in [0, 0.1) is 0 Å². The molecule has 2 unspecified atom stereocenters. The average Bonchev–Trinajstić information content (AvgIpc) is 2.67. The Morgan fingerprint density at radius 1 is 0.676 bits per heavy atom. The van der Waals surface area contributed by atoms with Gasteiger partial charge in [0.05, 0.1) is 11.9 Å². The van der Waals surface area contributed by atoms with Gasteiger partial charge in [-0.15, -0.1) is 0 Å². The predicted octanol–water partition coefficient (Wildman–Crippen LogP) is -6.60. The van der Waals surface area contributed by atoms with Crippen molar-refractivity contribution in [3.05, 3.63) is 0 Å². The van der Waals surface area contributed by atoms with Gasteiger partial charge in [0.1, 0.15) is 6.10 Å². The van der Waals surface area contributed by atoms with Crippen LogP contribution >= 0.6 is 0 Å². The number of hydrogen-bond donors (Lipinski definition) is 1. The van der Waals surface area contributed by atoms with Gasteiger partial charge in [0.15, 0.2) is 5.25 Å². The van der Waals surface area contributed by atoms with Gasteiger partial charge >= 0.3 is 88.7 Å². The molecule has 1 N–H and O–H groups in total. The van der Waals surface area contributed by atoms with Gasteiger partial charge in [-0.1, -0.05) is 103 Å². The summed E-state index contributed by atoms with van der Waals surface area (Å²) in [5, 5.41) is 19.1. The molecule has 0 saturated heterocycles. The Kier molecular flexibility index (Phi) is 35.1. The van der Waals surface area contributed by atoms with Crippen LogP contribution in [0.1, 0.15) is 110 Å². The number of ether oxygens (including phenoxy) is 1. The molecule has 0 aliphatic heterocycles. The molecule has 0 aromatic carbocycles. The second kappa shape index (κ2) is 27.8. The van der Waals surface area contributed by atoms with Crippen molar-refractivity contribution in [2.45, 2.75) is 121 Å². The fourth-order valence-electron chi connectivity index (χ4n) is 3.54. The number of hydrogen-bond acceptors (Lipinski definition) is 7. The molecule has 0 aliphatic carbocycles. The van der Waals surface area contributed by atoms with E-state index >= 15 is 0 Å². The molecule has 0 aromatic rings. The van der Waals surface area contributed by atoms with E-state index in [1.165, 1.54) is 70.6 Å². The minimum absolute atomic E-state index is 0. The molecule has 0 fully saturated rings. The summed E-state index contributed by atoms with van der Waals surface area (Å²) < 4.78 is 35.9. The molecule has 34 heavy (non-hydrogen) atoms. The molecule has 2 atom stereocenters. The van der Waals surface area contributed by atoms with Crippen LogP contribution in [0.15, 0.2) is 0 Å². The number of unbranched alkanes of at least 4 members (excludes halogenated alkanes) is 15. The van der Waals surface area contributed by atoms with Crippen molar-refractivity contribution in [1.29, 1.82) is 0 Å². The predicted molar refractivity (Wildman–Crippen MR) is 115 cm³/mol. The fraction of sp³-hybridized carbons (Fsp3) is 0.909. The number of rotatable bonds is 22. The molecule has 0 radical (unpaired) electrons. The molecule has 0 aromatic heterocycles. The molecule has 8 nitrogen and oxygen atoms in total. The molecule has 0 spiro atoms. The molecule has 0 heterocycles. The first-order chi connectivity index (χ1) is 14.7. The van der Waals surface area contributed by atoms with Gasteiger partial charge in [-0.25, -0.2) is 0 Å². The summed E-state index contributed by atoms with van der Waals surface area (Å²) in [5.74, 6) is -4.27. The molecule has 0 saturated carbocycles. The third kappa shape index (κ3) is 24.2. The van der Waals surface area contributed by atoms with E-state index in [0.717, 1.165) is 25.7 Å². The normalized spacial score (nSPS) is 12.5. The molecule has 0 bridgehead atoms. The molecular weight excluding hydrogens is 493 g/mol. The summed E-state index contributed by atoms with van der Waals surface area (Å²) in [7, 11) is -5.19. The summed E-state index contributed by atoms with van der Waals surface area (Å²) in [6.45, 7) is 2.09. The van der Waals surface area contributed by atoms with E-state index < -0.39 is 33.4 Å². The van der Waals surface area contributed by atoms with Crippen molar-refractivity contribution < 1.29 is 126 Å². The van der Waals surface area contributed by atoms with Crippen LogP contribution in [0.5, 0.6) is 0 Å². The number of carboxylic acid groups (broad SMARTS) is 2. The Balaban J connectivity index is -0.00000150. The quantitative estimate of drug-likeness (QED) is 0.0822.